The van der Waals surface area contributed by atoms with E-state index >= 15 is 0 Å². The van der Waals surface area contributed by atoms with Crippen molar-refractivity contribution in [3.63, 3.8) is 0 Å². The Bertz CT molecular complexity index is 1450. The van der Waals surface area contributed by atoms with Gasteiger partial charge in [0.15, 0.2) is 0 Å². The highest BCUT2D eigenvalue weighted by molar-refractivity contribution is 7.89. The van der Waals surface area contributed by atoms with Crippen LogP contribution in [0.4, 0.5) is 0 Å². The lowest BCUT2D eigenvalue weighted by molar-refractivity contribution is 0.0734. The molecule has 0 radical (unpaired) electrons. The largest absolute Gasteiger partial charge is 0.422 e. The smallest absolute Gasteiger partial charge is 0.343 e. The molecule has 0 heterocycles. The minimum Gasteiger partial charge on any atom is -0.422 e. The fraction of sp³-hybridized carbons (Fsp3) is 0.0400. The van der Waals surface area contributed by atoms with Crippen molar-refractivity contribution < 1.29 is 17.9 Å². The molecule has 4 rings (SSSR count). The molecule has 8 heteroatoms. The third kappa shape index (κ3) is 5.22. The second-order valence-corrected chi connectivity index (χ2v) is 9.36. The highest BCUT2D eigenvalue weighted by Gasteiger charge is 2.15. The molecular weight excluding hydrogens is 460 g/mol. The number of halogens is 1. The van der Waals surface area contributed by atoms with Crippen LogP contribution < -0.4 is 9.57 Å². The van der Waals surface area contributed by atoms with Gasteiger partial charge in [0.1, 0.15) is 5.75 Å². The summed E-state index contributed by atoms with van der Waals surface area (Å²) in [5, 5.41) is 5.99. The van der Waals surface area contributed by atoms with Gasteiger partial charge in [0, 0.05) is 10.6 Å². The number of hydrogen-bond donors (Lipinski definition) is 1. The predicted octanol–water partition coefficient (Wildman–Crippen LogP) is 5.33. The van der Waals surface area contributed by atoms with Crippen LogP contribution in [0.15, 0.2) is 94.9 Å². The van der Waals surface area contributed by atoms with E-state index in [1.54, 1.807) is 18.2 Å². The van der Waals surface area contributed by atoms with Crippen LogP contribution in [0, 0.1) is 6.92 Å². The summed E-state index contributed by atoms with van der Waals surface area (Å²) in [6, 6.07) is 23.7. The zero-order valence-electron chi connectivity index (χ0n) is 17.5. The van der Waals surface area contributed by atoms with Crippen molar-refractivity contribution in [1.29, 1.82) is 0 Å². The maximum Gasteiger partial charge on any atom is 0.343 e. The highest BCUT2D eigenvalue weighted by Crippen LogP contribution is 2.27. The van der Waals surface area contributed by atoms with Crippen LogP contribution in [0.3, 0.4) is 0 Å². The maximum absolute atomic E-state index is 12.7. The molecule has 0 fully saturated rings. The van der Waals surface area contributed by atoms with Crippen molar-refractivity contribution in [1.82, 2.24) is 4.83 Å². The molecule has 0 aliphatic carbocycles. The lowest BCUT2D eigenvalue weighted by Crippen LogP contribution is -2.18. The Morgan fingerprint density at radius 3 is 2.36 bits per heavy atom. The molecule has 4 aromatic rings. The average molecular weight is 479 g/mol. The standard InChI is InChI=1S/C25H19ClN2O4S/c1-17-6-8-19(9-7-17)25(29)32-24-15-10-18-4-2-3-5-22(18)23(24)16-27-28-33(30,31)21-13-11-20(26)12-14-21/h2-16,28H,1H3/b27-16-. The number of hydrogen-bond acceptors (Lipinski definition) is 5. The number of benzene rings is 4. The Balaban J connectivity index is 1.65. The summed E-state index contributed by atoms with van der Waals surface area (Å²) in [5.74, 6) is -0.268. The van der Waals surface area contributed by atoms with Gasteiger partial charge < -0.3 is 4.74 Å². The number of nitrogens with zero attached hydrogens (tertiary/aromatic N) is 1. The number of carbonyl (C=O) groups excluding carboxylic acids is 1. The van der Waals surface area contributed by atoms with Crippen molar-refractivity contribution in [3.05, 3.63) is 107 Å². The fourth-order valence-corrected chi connectivity index (χ4v) is 4.09. The van der Waals surface area contributed by atoms with Gasteiger partial charge in [-0.2, -0.15) is 13.5 Å². The lowest BCUT2D eigenvalue weighted by Gasteiger charge is -2.11. The number of fused-ring (bicyclic) bond motifs is 1. The summed E-state index contributed by atoms with van der Waals surface area (Å²) < 4.78 is 30.7. The molecule has 0 aliphatic rings. The van der Waals surface area contributed by atoms with E-state index in [-0.39, 0.29) is 10.6 Å². The predicted molar refractivity (Wildman–Crippen MR) is 129 cm³/mol. The number of esters is 1. The molecule has 0 unspecified atom stereocenters. The molecule has 0 aromatic heterocycles. The van der Waals surface area contributed by atoms with Gasteiger partial charge in [-0.05, 0) is 60.2 Å². The summed E-state index contributed by atoms with van der Waals surface area (Å²) in [6.45, 7) is 1.93. The van der Waals surface area contributed by atoms with Gasteiger partial charge >= 0.3 is 5.97 Å². The first-order valence-corrected chi connectivity index (χ1v) is 11.8. The highest BCUT2D eigenvalue weighted by atomic mass is 35.5. The zero-order chi connectivity index (χ0) is 23.4. The van der Waals surface area contributed by atoms with Crippen molar-refractivity contribution in [3.8, 4) is 5.75 Å². The van der Waals surface area contributed by atoms with Gasteiger partial charge in [0.2, 0.25) is 0 Å². The topological polar surface area (TPSA) is 84.8 Å². The van der Waals surface area contributed by atoms with Crippen LogP contribution in [-0.2, 0) is 10.0 Å². The molecule has 4 aromatic carbocycles. The van der Waals surface area contributed by atoms with Gasteiger partial charge in [0.05, 0.1) is 16.7 Å². The van der Waals surface area contributed by atoms with Crippen LogP contribution in [0.25, 0.3) is 10.8 Å². The van der Waals surface area contributed by atoms with Crippen LogP contribution >= 0.6 is 11.6 Å². The number of rotatable bonds is 6. The molecule has 0 amide bonds. The first-order valence-electron chi connectivity index (χ1n) is 9.94. The fourth-order valence-electron chi connectivity index (χ4n) is 3.17. The van der Waals surface area contributed by atoms with Gasteiger partial charge in [-0.1, -0.05) is 59.6 Å². The first-order chi connectivity index (χ1) is 15.8. The van der Waals surface area contributed by atoms with Gasteiger partial charge in [0.25, 0.3) is 10.0 Å². The molecule has 0 saturated heterocycles. The Hall–Kier alpha value is -3.68. The number of hydrazone groups is 1. The van der Waals surface area contributed by atoms with E-state index in [1.165, 1.54) is 30.5 Å². The minimum atomic E-state index is -3.90. The molecule has 33 heavy (non-hydrogen) atoms. The second-order valence-electron chi connectivity index (χ2n) is 7.26. The summed E-state index contributed by atoms with van der Waals surface area (Å²) in [5.41, 5.74) is 1.89. The quantitative estimate of drug-likeness (QED) is 0.175. The maximum atomic E-state index is 12.7. The summed E-state index contributed by atoms with van der Waals surface area (Å²) in [4.78, 5) is 14.9. The third-order valence-electron chi connectivity index (χ3n) is 4.91. The van der Waals surface area contributed by atoms with Crippen LogP contribution in [0.2, 0.25) is 5.02 Å². The Kier molecular flexibility index (Phi) is 6.44. The van der Waals surface area contributed by atoms with E-state index in [2.05, 4.69) is 9.93 Å². The number of carbonyl (C=O) groups is 1. The van der Waals surface area contributed by atoms with E-state index in [1.807, 2.05) is 49.4 Å². The van der Waals surface area contributed by atoms with Gasteiger partial charge in [-0.3, -0.25) is 0 Å². The minimum absolute atomic E-state index is 0.0213. The van der Waals surface area contributed by atoms with Crippen molar-refractivity contribution in [2.24, 2.45) is 5.10 Å². The molecule has 0 atom stereocenters. The number of nitrogens with one attached hydrogen (secondary N) is 1. The van der Waals surface area contributed by atoms with Gasteiger partial charge in [-0.25, -0.2) is 9.63 Å². The number of aryl methyl sites for hydroxylation is 1. The summed E-state index contributed by atoms with van der Waals surface area (Å²) in [6.07, 6.45) is 1.33. The van der Waals surface area contributed by atoms with E-state index in [0.29, 0.717) is 16.1 Å². The molecular formula is C25H19ClN2O4S. The molecule has 1 N–H and O–H groups in total. The van der Waals surface area contributed by atoms with Crippen LogP contribution in [0.1, 0.15) is 21.5 Å². The Labute approximate surface area is 196 Å². The first kappa shape index (κ1) is 22.5. The number of ether oxygens (including phenoxy) is 1. The second kappa shape index (κ2) is 9.44. The van der Waals surface area contributed by atoms with E-state index in [4.69, 9.17) is 16.3 Å². The van der Waals surface area contributed by atoms with Crippen LogP contribution in [0.5, 0.6) is 5.75 Å². The van der Waals surface area contributed by atoms with Crippen molar-refractivity contribution >= 4 is 44.6 Å². The zero-order valence-corrected chi connectivity index (χ0v) is 19.1. The summed E-state index contributed by atoms with van der Waals surface area (Å²) >= 11 is 5.83. The molecule has 0 bridgehead atoms. The molecule has 0 spiro atoms. The Morgan fingerprint density at radius 2 is 1.64 bits per heavy atom. The van der Waals surface area contributed by atoms with E-state index < -0.39 is 16.0 Å². The molecule has 0 aliphatic heterocycles. The SMILES string of the molecule is Cc1ccc(C(=O)Oc2ccc3ccccc3c2/C=N\NS(=O)(=O)c2ccc(Cl)cc2)cc1. The molecule has 0 saturated carbocycles. The summed E-state index contributed by atoms with van der Waals surface area (Å²) in [7, 11) is -3.90. The van der Waals surface area contributed by atoms with E-state index in [0.717, 1.165) is 16.3 Å². The van der Waals surface area contributed by atoms with Gasteiger partial charge in [-0.15, -0.1) is 0 Å². The monoisotopic (exact) mass is 478 g/mol. The average Bonchev–Trinajstić information content (AvgIpc) is 2.81. The van der Waals surface area contributed by atoms with Crippen LogP contribution in [-0.4, -0.2) is 20.6 Å². The Morgan fingerprint density at radius 1 is 0.939 bits per heavy atom. The molecule has 166 valence electrons. The normalized spacial score (nSPS) is 11.6. The number of sulfonamides is 1. The van der Waals surface area contributed by atoms with E-state index in [9.17, 15) is 13.2 Å². The van der Waals surface area contributed by atoms with Crippen molar-refractivity contribution in [2.75, 3.05) is 0 Å². The molecule has 6 nitrogen and oxygen atoms in total. The third-order valence-corrected chi connectivity index (χ3v) is 6.40. The van der Waals surface area contributed by atoms with Crippen molar-refractivity contribution in [2.45, 2.75) is 11.8 Å². The lowest BCUT2D eigenvalue weighted by atomic mass is 10.0.